The summed E-state index contributed by atoms with van der Waals surface area (Å²) in [6.07, 6.45) is 23.1. The van der Waals surface area contributed by atoms with E-state index in [0.717, 1.165) is 12.8 Å². The normalized spacial score (nSPS) is 12.7. The highest BCUT2D eigenvalue weighted by Gasteiger charge is 2.14. The average Bonchev–Trinajstić information content (AvgIpc) is 2.63. The van der Waals surface area contributed by atoms with Crippen LogP contribution in [0.2, 0.25) is 19.1 Å². The lowest BCUT2D eigenvalue weighted by atomic mass is 10.0. The molecule has 166 valence electrons. The molecule has 0 spiro atoms. The molecule has 0 radical (unpaired) electrons. The van der Waals surface area contributed by atoms with Crippen molar-refractivity contribution in [3.05, 3.63) is 12.7 Å². The van der Waals surface area contributed by atoms with Crippen molar-refractivity contribution in [2.24, 2.45) is 0 Å². The molecule has 4 heteroatoms. The van der Waals surface area contributed by atoms with E-state index in [2.05, 4.69) is 41.5 Å². The van der Waals surface area contributed by atoms with Crippen molar-refractivity contribution in [2.75, 3.05) is 0 Å². The Hall–Kier alpha value is 0.157. The summed E-state index contributed by atoms with van der Waals surface area (Å²) in [7, 11) is 0. The van der Waals surface area contributed by atoms with E-state index in [1.807, 2.05) is 6.92 Å². The van der Waals surface area contributed by atoms with Crippen LogP contribution in [0.15, 0.2) is 12.7 Å². The molecule has 0 aliphatic rings. The zero-order valence-electron chi connectivity index (χ0n) is 19.1. The summed E-state index contributed by atoms with van der Waals surface area (Å²) in [4.78, 5) is 11.1. The van der Waals surface area contributed by atoms with Crippen LogP contribution in [0.4, 0.5) is 0 Å². The molecule has 0 aliphatic carbocycles. The molecule has 0 aromatic rings. The number of esters is 1. The van der Waals surface area contributed by atoms with Gasteiger partial charge < -0.3 is 4.74 Å². The van der Waals surface area contributed by atoms with E-state index in [0.29, 0.717) is 0 Å². The fourth-order valence-corrected chi connectivity index (χ4v) is 5.82. The first-order valence-corrected chi connectivity index (χ1v) is 18.2. The Labute approximate surface area is 189 Å². The van der Waals surface area contributed by atoms with E-state index < -0.39 is 5.57 Å². The number of carbonyl (C=O) groups excluding carboxylic acids is 1. The van der Waals surface area contributed by atoms with Gasteiger partial charge in [-0.25, -0.2) is 4.79 Å². The van der Waals surface area contributed by atoms with Gasteiger partial charge in [-0.3, -0.25) is 0 Å². The molecular formula is C24H47IO2Si. The van der Waals surface area contributed by atoms with Gasteiger partial charge in [0.15, 0.2) is 0 Å². The van der Waals surface area contributed by atoms with Crippen molar-refractivity contribution >= 4 is 33.3 Å². The van der Waals surface area contributed by atoms with Crippen LogP contribution >= 0.6 is 21.8 Å². The molecule has 0 N–H and O–H groups in total. The number of hydrogen-bond acceptors (Lipinski definition) is 2. The van der Waals surface area contributed by atoms with Gasteiger partial charge in [-0.15, -0.1) is 21.8 Å². The Morgan fingerprint density at radius 3 is 1.54 bits per heavy atom. The lowest BCUT2D eigenvalue weighted by Crippen LogP contribution is -2.13. The smallest absolute Gasteiger partial charge is 0.330 e. The number of ether oxygens (including phenoxy) is 1. The number of unbranched alkanes of at least 4 members (excludes halogenated alkanes) is 14. The third-order valence-electron chi connectivity index (χ3n) is 5.37. The van der Waals surface area contributed by atoms with Gasteiger partial charge in [-0.2, -0.15) is 0 Å². The van der Waals surface area contributed by atoms with Gasteiger partial charge >= 0.3 is 5.97 Å². The number of rotatable bonds is 20. The number of carbonyl (C=O) groups is 1. The molecule has 0 fully saturated rings. The standard InChI is InChI=1S/C24H47IO2Si/c1-5-24(26)27-23(2)21-19-17-15-13-11-9-7-6-8-10-12-14-16-18-20-22-28(3,4)25/h5,23H,1,6-22H2,2-4H3. The van der Waals surface area contributed by atoms with Crippen LogP contribution in [0.3, 0.4) is 0 Å². The fraction of sp³-hybridized carbons (Fsp3) is 0.875. The maximum atomic E-state index is 11.1. The lowest BCUT2D eigenvalue weighted by molar-refractivity contribution is -0.142. The summed E-state index contributed by atoms with van der Waals surface area (Å²) in [5.74, 6) is -0.301. The molecule has 0 aromatic heterocycles. The Morgan fingerprint density at radius 2 is 1.18 bits per heavy atom. The Kier molecular flexibility index (Phi) is 19.2. The Balaban J connectivity index is 3.16. The highest BCUT2D eigenvalue weighted by molar-refractivity contribution is 14.1. The quantitative estimate of drug-likeness (QED) is 0.0398. The number of halogens is 1. The van der Waals surface area contributed by atoms with E-state index in [-0.39, 0.29) is 12.1 Å². The maximum absolute atomic E-state index is 11.1. The molecule has 0 bridgehead atoms. The van der Waals surface area contributed by atoms with Crippen LogP contribution < -0.4 is 0 Å². The largest absolute Gasteiger partial charge is 0.460 e. The van der Waals surface area contributed by atoms with Crippen LogP contribution in [0.25, 0.3) is 0 Å². The minimum atomic E-state index is -0.825. The molecule has 0 aliphatic heterocycles. The molecule has 0 aromatic carbocycles. The molecule has 0 amide bonds. The van der Waals surface area contributed by atoms with Gasteiger partial charge in [0.1, 0.15) is 5.57 Å². The Morgan fingerprint density at radius 1 is 0.821 bits per heavy atom. The summed E-state index contributed by atoms with van der Waals surface area (Å²) in [5.41, 5.74) is -0.825. The molecule has 0 saturated heterocycles. The van der Waals surface area contributed by atoms with Gasteiger partial charge in [0.25, 0.3) is 0 Å². The van der Waals surface area contributed by atoms with Gasteiger partial charge in [0.2, 0.25) is 0 Å². The summed E-state index contributed by atoms with van der Waals surface area (Å²) in [6, 6.07) is 1.50. The van der Waals surface area contributed by atoms with Crippen molar-refractivity contribution in [3.8, 4) is 0 Å². The van der Waals surface area contributed by atoms with Crippen molar-refractivity contribution in [3.63, 3.8) is 0 Å². The summed E-state index contributed by atoms with van der Waals surface area (Å²) in [5, 5.41) is 0. The minimum Gasteiger partial charge on any atom is -0.460 e. The summed E-state index contributed by atoms with van der Waals surface area (Å²) in [6.45, 7) is 10.3. The molecule has 1 atom stereocenters. The summed E-state index contributed by atoms with van der Waals surface area (Å²) >= 11 is 2.71. The highest BCUT2D eigenvalue weighted by Crippen LogP contribution is 2.22. The topological polar surface area (TPSA) is 26.3 Å². The van der Waals surface area contributed by atoms with Crippen LogP contribution in [0.1, 0.15) is 110 Å². The average molecular weight is 523 g/mol. The second-order valence-corrected chi connectivity index (χ2v) is 21.7. The maximum Gasteiger partial charge on any atom is 0.330 e. The predicted octanol–water partition coefficient (Wildman–Crippen LogP) is 8.99. The third-order valence-corrected chi connectivity index (χ3v) is 8.53. The molecule has 28 heavy (non-hydrogen) atoms. The van der Waals surface area contributed by atoms with E-state index >= 15 is 0 Å². The monoisotopic (exact) mass is 522 g/mol. The lowest BCUT2D eigenvalue weighted by Gasteiger charge is -2.12. The SMILES string of the molecule is C=CC(=O)OC(C)CCCCCCCCCCCCCCCCC[Si](C)(C)I. The van der Waals surface area contributed by atoms with Crippen molar-refractivity contribution < 1.29 is 9.53 Å². The zero-order valence-corrected chi connectivity index (χ0v) is 22.2. The van der Waals surface area contributed by atoms with Gasteiger partial charge in [0.05, 0.1) is 6.10 Å². The molecule has 0 saturated carbocycles. The van der Waals surface area contributed by atoms with Crippen LogP contribution in [0.5, 0.6) is 0 Å². The first kappa shape index (κ1) is 28.2. The van der Waals surface area contributed by atoms with Crippen LogP contribution in [-0.4, -0.2) is 17.6 Å². The van der Waals surface area contributed by atoms with E-state index in [1.54, 1.807) is 0 Å². The van der Waals surface area contributed by atoms with Gasteiger partial charge in [-0.1, -0.05) is 110 Å². The van der Waals surface area contributed by atoms with Crippen LogP contribution in [-0.2, 0) is 9.53 Å². The minimum absolute atomic E-state index is 0.0235. The van der Waals surface area contributed by atoms with E-state index in [1.165, 1.54) is 102 Å². The highest BCUT2D eigenvalue weighted by atomic mass is 127. The van der Waals surface area contributed by atoms with Crippen molar-refractivity contribution in [1.82, 2.24) is 0 Å². The second kappa shape index (κ2) is 19.1. The first-order valence-electron chi connectivity index (χ1n) is 11.9. The molecule has 0 heterocycles. The predicted molar refractivity (Wildman–Crippen MR) is 136 cm³/mol. The molecular weight excluding hydrogens is 475 g/mol. The van der Waals surface area contributed by atoms with E-state index in [9.17, 15) is 4.79 Å². The first-order chi connectivity index (χ1) is 13.3. The van der Waals surface area contributed by atoms with E-state index in [4.69, 9.17) is 4.74 Å². The number of hydrogen-bond donors (Lipinski definition) is 0. The molecule has 1 unspecified atom stereocenters. The Bertz CT molecular complexity index is 379. The molecule has 0 rings (SSSR count). The van der Waals surface area contributed by atoms with Crippen molar-refractivity contribution in [2.45, 2.75) is 135 Å². The third kappa shape index (κ3) is 22.4. The van der Waals surface area contributed by atoms with Gasteiger partial charge in [-0.05, 0) is 25.8 Å². The molecule has 2 nitrogen and oxygen atoms in total. The van der Waals surface area contributed by atoms with Crippen molar-refractivity contribution in [1.29, 1.82) is 0 Å². The second-order valence-electron chi connectivity index (χ2n) is 9.01. The van der Waals surface area contributed by atoms with Gasteiger partial charge in [0, 0.05) is 6.08 Å². The van der Waals surface area contributed by atoms with Crippen LogP contribution in [0, 0.1) is 0 Å². The fourth-order valence-electron chi connectivity index (χ4n) is 3.58. The summed E-state index contributed by atoms with van der Waals surface area (Å²) < 4.78 is 5.18. The zero-order chi connectivity index (χ0) is 21.1.